The van der Waals surface area contributed by atoms with Crippen LogP contribution in [0.5, 0.6) is 0 Å². The van der Waals surface area contributed by atoms with Crippen molar-refractivity contribution < 1.29 is 0 Å². The Balaban J connectivity index is 2.35. The van der Waals surface area contributed by atoms with E-state index >= 15 is 0 Å². The lowest BCUT2D eigenvalue weighted by molar-refractivity contribution is 0.652. The lowest BCUT2D eigenvalue weighted by Gasteiger charge is -2.22. The van der Waals surface area contributed by atoms with E-state index in [1.54, 1.807) is 0 Å². The first-order valence-electron chi connectivity index (χ1n) is 7.21. The largest absolute Gasteiger partial charge is 0.345 e. The minimum absolute atomic E-state index is 0.248. The molecule has 1 atom stereocenters. The fourth-order valence-electron chi connectivity index (χ4n) is 2.52. The van der Waals surface area contributed by atoms with Crippen molar-refractivity contribution in [2.24, 2.45) is 0 Å². The van der Waals surface area contributed by atoms with Crippen molar-refractivity contribution in [2.75, 3.05) is 19.0 Å². The van der Waals surface area contributed by atoms with E-state index in [4.69, 9.17) is 11.6 Å². The number of aryl methyl sites for hydroxylation is 2. The van der Waals surface area contributed by atoms with Gasteiger partial charge in [0.05, 0.1) is 0 Å². The molecule has 0 aliphatic heterocycles. The van der Waals surface area contributed by atoms with Crippen molar-refractivity contribution in [3.8, 4) is 0 Å². The van der Waals surface area contributed by atoms with E-state index in [0.717, 1.165) is 16.3 Å². The maximum atomic E-state index is 6.43. The second kappa shape index (κ2) is 6.50. The molecule has 112 valence electrons. The summed E-state index contributed by atoms with van der Waals surface area (Å²) in [5.74, 6) is 0. The fourth-order valence-corrected chi connectivity index (χ4v) is 2.86. The normalized spacial score (nSPS) is 12.3. The number of halogens is 1. The van der Waals surface area contributed by atoms with Crippen molar-refractivity contribution in [2.45, 2.75) is 26.8 Å². The van der Waals surface area contributed by atoms with Gasteiger partial charge >= 0.3 is 0 Å². The topological polar surface area (TPSA) is 15.3 Å². The molecule has 21 heavy (non-hydrogen) atoms. The fraction of sp³-hybridized carbons (Fsp3) is 0.333. The van der Waals surface area contributed by atoms with E-state index in [1.165, 1.54) is 16.8 Å². The second-order valence-electron chi connectivity index (χ2n) is 5.62. The zero-order valence-electron chi connectivity index (χ0n) is 13.4. The predicted octanol–water partition coefficient (Wildman–Crippen LogP) is 5.01. The third-order valence-electron chi connectivity index (χ3n) is 3.86. The number of nitrogens with zero attached hydrogens (tertiary/aromatic N) is 1. The Labute approximate surface area is 132 Å². The molecule has 2 aromatic rings. The summed E-state index contributed by atoms with van der Waals surface area (Å²) in [6.45, 7) is 6.35. The number of benzene rings is 2. The Hall–Kier alpha value is -1.51. The zero-order valence-corrected chi connectivity index (χ0v) is 14.1. The molecule has 3 heteroatoms. The molecule has 0 aliphatic carbocycles. The molecule has 0 bridgehead atoms. The maximum Gasteiger partial charge on any atom is 0.0474 e. The van der Waals surface area contributed by atoms with Gasteiger partial charge in [-0.15, -0.1) is 0 Å². The van der Waals surface area contributed by atoms with Gasteiger partial charge in [0.1, 0.15) is 0 Å². The average Bonchev–Trinajstić information content (AvgIpc) is 2.44. The van der Waals surface area contributed by atoms with Crippen molar-refractivity contribution in [3.63, 3.8) is 0 Å². The summed E-state index contributed by atoms with van der Waals surface area (Å²) >= 11 is 6.43. The lowest BCUT2D eigenvalue weighted by atomic mass is 10.1. The Morgan fingerprint density at radius 3 is 2.14 bits per heavy atom. The molecule has 1 N–H and O–H groups in total. The van der Waals surface area contributed by atoms with Gasteiger partial charge in [-0.2, -0.15) is 0 Å². The highest BCUT2D eigenvalue weighted by Crippen LogP contribution is 2.31. The summed E-state index contributed by atoms with van der Waals surface area (Å²) in [6, 6.07) is 13.0. The van der Waals surface area contributed by atoms with Gasteiger partial charge in [0.15, 0.2) is 0 Å². The molecule has 0 amide bonds. The van der Waals surface area contributed by atoms with Gasteiger partial charge < -0.3 is 10.2 Å². The van der Waals surface area contributed by atoms with Gasteiger partial charge in [-0.25, -0.2) is 0 Å². The van der Waals surface area contributed by atoms with Crippen LogP contribution in [0.2, 0.25) is 5.02 Å². The van der Waals surface area contributed by atoms with E-state index in [-0.39, 0.29) is 6.04 Å². The molecule has 0 radical (unpaired) electrons. The van der Waals surface area contributed by atoms with E-state index in [2.05, 4.69) is 68.4 Å². The van der Waals surface area contributed by atoms with Crippen LogP contribution in [0.1, 0.15) is 29.7 Å². The molecule has 0 spiro atoms. The van der Waals surface area contributed by atoms with E-state index in [0.29, 0.717) is 0 Å². The summed E-state index contributed by atoms with van der Waals surface area (Å²) < 4.78 is 0. The Kier molecular flexibility index (Phi) is 4.92. The third kappa shape index (κ3) is 3.58. The zero-order chi connectivity index (χ0) is 15.6. The maximum absolute atomic E-state index is 6.43. The molecule has 2 rings (SSSR count). The highest BCUT2D eigenvalue weighted by atomic mass is 35.5. The molecule has 2 aromatic carbocycles. The number of hydrogen-bond donors (Lipinski definition) is 1. The van der Waals surface area contributed by atoms with Crippen LogP contribution >= 0.6 is 11.6 Å². The lowest BCUT2D eigenvalue weighted by Crippen LogP contribution is -2.14. The molecule has 0 saturated heterocycles. The van der Waals surface area contributed by atoms with Gasteiger partial charge in [-0.3, -0.25) is 0 Å². The highest BCUT2D eigenvalue weighted by molar-refractivity contribution is 6.31. The Morgan fingerprint density at radius 2 is 1.62 bits per heavy atom. The predicted molar refractivity (Wildman–Crippen MR) is 92.9 cm³/mol. The van der Waals surface area contributed by atoms with Crippen molar-refractivity contribution in [3.05, 3.63) is 58.1 Å². The van der Waals surface area contributed by atoms with Crippen LogP contribution in [0.25, 0.3) is 0 Å². The van der Waals surface area contributed by atoms with Crippen LogP contribution < -0.4 is 10.2 Å². The van der Waals surface area contributed by atoms with Gasteiger partial charge in [0, 0.05) is 29.5 Å². The van der Waals surface area contributed by atoms with Crippen LogP contribution in [-0.4, -0.2) is 14.1 Å². The van der Waals surface area contributed by atoms with Gasteiger partial charge in [-0.1, -0.05) is 23.7 Å². The van der Waals surface area contributed by atoms with Crippen LogP contribution in [0.15, 0.2) is 36.4 Å². The number of nitrogens with one attached hydrogen (secondary N) is 1. The van der Waals surface area contributed by atoms with Crippen LogP contribution in [-0.2, 0) is 0 Å². The first kappa shape index (κ1) is 15.9. The van der Waals surface area contributed by atoms with Crippen LogP contribution in [0.3, 0.4) is 0 Å². The van der Waals surface area contributed by atoms with Crippen molar-refractivity contribution in [1.29, 1.82) is 0 Å². The third-order valence-corrected chi connectivity index (χ3v) is 4.19. The molecular formula is C18H23ClN2. The molecule has 0 heterocycles. The molecule has 0 saturated carbocycles. The van der Waals surface area contributed by atoms with E-state index in [9.17, 15) is 0 Å². The van der Waals surface area contributed by atoms with Gasteiger partial charge in [-0.05, 0) is 68.8 Å². The average molecular weight is 303 g/mol. The SMILES string of the molecule is CNC(C)c1ccc(N(C)c2cc(C)cc(C)c2)cc1Cl. The highest BCUT2D eigenvalue weighted by Gasteiger charge is 2.11. The molecule has 2 nitrogen and oxygen atoms in total. The molecular weight excluding hydrogens is 280 g/mol. The monoisotopic (exact) mass is 302 g/mol. The quantitative estimate of drug-likeness (QED) is 0.854. The van der Waals surface area contributed by atoms with E-state index < -0.39 is 0 Å². The number of rotatable bonds is 4. The van der Waals surface area contributed by atoms with Crippen molar-refractivity contribution in [1.82, 2.24) is 5.32 Å². The van der Waals surface area contributed by atoms with Crippen molar-refractivity contribution >= 4 is 23.0 Å². The van der Waals surface area contributed by atoms with Crippen LogP contribution in [0, 0.1) is 13.8 Å². The first-order valence-corrected chi connectivity index (χ1v) is 7.59. The number of hydrogen-bond acceptors (Lipinski definition) is 2. The number of anilines is 2. The molecule has 0 fully saturated rings. The smallest absolute Gasteiger partial charge is 0.0474 e. The standard InChI is InChI=1S/C18H23ClN2/c1-12-8-13(2)10-16(9-12)21(5)15-6-7-17(14(3)20-4)18(19)11-15/h6-11,14,20H,1-5H3. The first-order chi connectivity index (χ1) is 9.92. The molecule has 1 unspecified atom stereocenters. The van der Waals surface area contributed by atoms with Gasteiger partial charge in [0.2, 0.25) is 0 Å². The summed E-state index contributed by atoms with van der Waals surface area (Å²) in [7, 11) is 4.01. The van der Waals surface area contributed by atoms with Gasteiger partial charge in [0.25, 0.3) is 0 Å². The summed E-state index contributed by atoms with van der Waals surface area (Å²) in [4.78, 5) is 2.17. The summed E-state index contributed by atoms with van der Waals surface area (Å²) in [5, 5.41) is 4.02. The summed E-state index contributed by atoms with van der Waals surface area (Å²) in [5.41, 5.74) is 5.93. The molecule has 0 aromatic heterocycles. The summed E-state index contributed by atoms with van der Waals surface area (Å²) in [6.07, 6.45) is 0. The minimum Gasteiger partial charge on any atom is -0.345 e. The Bertz CT molecular complexity index is 617. The minimum atomic E-state index is 0.248. The van der Waals surface area contributed by atoms with Crippen LogP contribution in [0.4, 0.5) is 11.4 Å². The second-order valence-corrected chi connectivity index (χ2v) is 6.03. The van der Waals surface area contributed by atoms with E-state index in [1.807, 2.05) is 13.1 Å². The molecule has 0 aliphatic rings. The Morgan fingerprint density at radius 1 is 1.00 bits per heavy atom.